The van der Waals surface area contributed by atoms with Crippen LogP contribution in [0.1, 0.15) is 27.2 Å². The van der Waals surface area contributed by atoms with Crippen molar-refractivity contribution in [3.05, 3.63) is 0 Å². The van der Waals surface area contributed by atoms with Gasteiger partial charge in [-0.05, 0) is 33.7 Å². The van der Waals surface area contributed by atoms with Gasteiger partial charge in [0.25, 0.3) is 0 Å². The topological polar surface area (TPSA) is 55.5 Å². The summed E-state index contributed by atoms with van der Waals surface area (Å²) < 4.78 is 5.15. The van der Waals surface area contributed by atoms with Gasteiger partial charge in [0.05, 0.1) is 11.2 Å². The number of methoxy groups -OCH3 is 1. The van der Waals surface area contributed by atoms with Crippen molar-refractivity contribution in [3.8, 4) is 0 Å². The van der Waals surface area contributed by atoms with Gasteiger partial charge in [-0.3, -0.25) is 0 Å². The van der Waals surface area contributed by atoms with Crippen LogP contribution in [-0.4, -0.2) is 30.0 Å². The highest BCUT2D eigenvalue weighted by atomic mass is 16.5. The van der Waals surface area contributed by atoms with Gasteiger partial charge >= 0.3 is 0 Å². The van der Waals surface area contributed by atoms with Gasteiger partial charge in [-0.1, -0.05) is 0 Å². The van der Waals surface area contributed by atoms with Gasteiger partial charge in [-0.25, -0.2) is 0 Å². The average molecular weight is 161 g/mol. The van der Waals surface area contributed by atoms with Crippen LogP contribution in [0.3, 0.4) is 0 Å². The van der Waals surface area contributed by atoms with E-state index in [0.717, 1.165) is 0 Å². The maximum absolute atomic E-state index is 9.84. The Bertz CT molecular complexity index is 121. The fourth-order valence-electron chi connectivity index (χ4n) is 0.802. The summed E-state index contributed by atoms with van der Waals surface area (Å²) in [5.74, 6) is 0. The third-order valence-corrected chi connectivity index (χ3v) is 2.44. The molecule has 0 saturated carbocycles. The Morgan fingerprint density at radius 3 is 2.09 bits per heavy atom. The zero-order valence-electron chi connectivity index (χ0n) is 7.85. The number of hydrogen-bond acceptors (Lipinski definition) is 3. The van der Waals surface area contributed by atoms with Crippen molar-refractivity contribution in [2.24, 2.45) is 5.73 Å². The van der Waals surface area contributed by atoms with Crippen LogP contribution >= 0.6 is 0 Å². The van der Waals surface area contributed by atoms with E-state index in [1.54, 1.807) is 14.0 Å². The molecular formula is C8H19NO2. The third kappa shape index (κ3) is 2.43. The lowest BCUT2D eigenvalue weighted by atomic mass is 9.85. The SMILES string of the molecule is COC(C)(C)C(C)(O)CCN. The summed E-state index contributed by atoms with van der Waals surface area (Å²) in [5, 5.41) is 9.84. The first kappa shape index (κ1) is 10.9. The van der Waals surface area contributed by atoms with Crippen LogP contribution < -0.4 is 5.73 Å². The van der Waals surface area contributed by atoms with Crippen molar-refractivity contribution in [1.82, 2.24) is 0 Å². The molecule has 0 aliphatic heterocycles. The van der Waals surface area contributed by atoms with Crippen LogP contribution in [0.15, 0.2) is 0 Å². The van der Waals surface area contributed by atoms with Crippen molar-refractivity contribution in [1.29, 1.82) is 0 Å². The molecule has 0 aliphatic rings. The minimum Gasteiger partial charge on any atom is -0.387 e. The summed E-state index contributed by atoms with van der Waals surface area (Å²) >= 11 is 0. The second-order valence-electron chi connectivity index (χ2n) is 3.53. The van der Waals surface area contributed by atoms with Crippen LogP contribution in [0.4, 0.5) is 0 Å². The highest BCUT2D eigenvalue weighted by molar-refractivity contribution is 4.91. The molecule has 3 N–H and O–H groups in total. The van der Waals surface area contributed by atoms with Crippen LogP contribution in [0.25, 0.3) is 0 Å². The first-order chi connectivity index (χ1) is 4.87. The Labute approximate surface area is 68.5 Å². The molecule has 0 aliphatic carbocycles. The monoisotopic (exact) mass is 161 g/mol. The molecule has 68 valence electrons. The van der Waals surface area contributed by atoms with Crippen LogP contribution in [0.5, 0.6) is 0 Å². The molecule has 0 amide bonds. The van der Waals surface area contributed by atoms with E-state index in [4.69, 9.17) is 10.5 Å². The standard InChI is InChI=1S/C8H19NO2/c1-7(2,11-4)8(3,10)5-6-9/h10H,5-6,9H2,1-4H3. The molecule has 0 aromatic carbocycles. The predicted molar refractivity (Wildman–Crippen MR) is 45.4 cm³/mol. The van der Waals surface area contributed by atoms with Gasteiger partial charge in [-0.15, -0.1) is 0 Å². The number of aliphatic hydroxyl groups is 1. The molecule has 0 saturated heterocycles. The van der Waals surface area contributed by atoms with Gasteiger partial charge in [0, 0.05) is 7.11 Å². The van der Waals surface area contributed by atoms with E-state index in [2.05, 4.69) is 0 Å². The largest absolute Gasteiger partial charge is 0.387 e. The zero-order chi connectivity index (χ0) is 9.12. The van der Waals surface area contributed by atoms with Gasteiger partial charge in [0.2, 0.25) is 0 Å². The molecule has 1 unspecified atom stereocenters. The maximum Gasteiger partial charge on any atom is 0.0914 e. The smallest absolute Gasteiger partial charge is 0.0914 e. The summed E-state index contributed by atoms with van der Waals surface area (Å²) in [6.07, 6.45) is 0.549. The number of rotatable bonds is 4. The lowest BCUT2D eigenvalue weighted by Crippen LogP contribution is -2.50. The second kappa shape index (κ2) is 3.52. The van der Waals surface area contributed by atoms with Gasteiger partial charge in [0.1, 0.15) is 0 Å². The predicted octanol–water partition coefficient (Wildman–Crippen LogP) is 0.511. The summed E-state index contributed by atoms with van der Waals surface area (Å²) in [5.41, 5.74) is 3.96. The Morgan fingerprint density at radius 2 is 1.82 bits per heavy atom. The molecule has 0 fully saturated rings. The molecule has 0 radical (unpaired) electrons. The first-order valence-corrected chi connectivity index (χ1v) is 3.85. The van der Waals surface area contributed by atoms with Crippen LogP contribution in [-0.2, 0) is 4.74 Å². The summed E-state index contributed by atoms with van der Waals surface area (Å²) in [4.78, 5) is 0. The molecule has 0 spiro atoms. The van der Waals surface area contributed by atoms with Crippen molar-refractivity contribution in [2.45, 2.75) is 38.4 Å². The highest BCUT2D eigenvalue weighted by Crippen LogP contribution is 2.27. The maximum atomic E-state index is 9.84. The normalized spacial score (nSPS) is 18.0. The summed E-state index contributed by atoms with van der Waals surface area (Å²) in [7, 11) is 1.59. The second-order valence-corrected chi connectivity index (χ2v) is 3.53. The quantitative estimate of drug-likeness (QED) is 0.631. The Balaban J connectivity index is 4.26. The summed E-state index contributed by atoms with van der Waals surface area (Å²) in [6, 6.07) is 0. The van der Waals surface area contributed by atoms with E-state index in [1.807, 2.05) is 13.8 Å². The van der Waals surface area contributed by atoms with Gasteiger partial charge in [-0.2, -0.15) is 0 Å². The van der Waals surface area contributed by atoms with Crippen molar-refractivity contribution in [3.63, 3.8) is 0 Å². The van der Waals surface area contributed by atoms with Crippen molar-refractivity contribution < 1.29 is 9.84 Å². The molecule has 0 rings (SSSR count). The number of hydrogen-bond donors (Lipinski definition) is 2. The van der Waals surface area contributed by atoms with E-state index < -0.39 is 11.2 Å². The van der Waals surface area contributed by atoms with E-state index >= 15 is 0 Å². The van der Waals surface area contributed by atoms with Crippen LogP contribution in [0.2, 0.25) is 0 Å². The molecule has 1 atom stereocenters. The fraction of sp³-hybridized carbons (Fsp3) is 1.00. The average Bonchev–Trinajstić information content (AvgIpc) is 1.87. The van der Waals surface area contributed by atoms with Crippen molar-refractivity contribution in [2.75, 3.05) is 13.7 Å². The molecule has 0 bridgehead atoms. The first-order valence-electron chi connectivity index (χ1n) is 3.85. The van der Waals surface area contributed by atoms with E-state index in [-0.39, 0.29) is 0 Å². The minimum atomic E-state index is -0.851. The molecule has 0 heterocycles. The lowest BCUT2D eigenvalue weighted by molar-refractivity contribution is -0.142. The van der Waals surface area contributed by atoms with Gasteiger partial charge < -0.3 is 15.6 Å². The molecule has 3 heteroatoms. The Hall–Kier alpha value is -0.120. The molecule has 3 nitrogen and oxygen atoms in total. The third-order valence-electron chi connectivity index (χ3n) is 2.44. The van der Waals surface area contributed by atoms with Crippen molar-refractivity contribution >= 4 is 0 Å². The zero-order valence-corrected chi connectivity index (χ0v) is 7.85. The molecule has 11 heavy (non-hydrogen) atoms. The molecule has 0 aromatic heterocycles. The number of nitrogens with two attached hydrogens (primary N) is 1. The van der Waals surface area contributed by atoms with E-state index in [0.29, 0.717) is 13.0 Å². The Morgan fingerprint density at radius 1 is 1.36 bits per heavy atom. The number of ether oxygens (including phenoxy) is 1. The van der Waals surface area contributed by atoms with E-state index in [9.17, 15) is 5.11 Å². The fourth-order valence-corrected chi connectivity index (χ4v) is 0.802. The van der Waals surface area contributed by atoms with Crippen LogP contribution in [0, 0.1) is 0 Å². The van der Waals surface area contributed by atoms with E-state index in [1.165, 1.54) is 0 Å². The molecular weight excluding hydrogens is 142 g/mol. The summed E-state index contributed by atoms with van der Waals surface area (Å²) in [6.45, 7) is 5.91. The van der Waals surface area contributed by atoms with Gasteiger partial charge in [0.15, 0.2) is 0 Å². The Kier molecular flexibility index (Phi) is 3.48. The molecule has 0 aromatic rings. The highest BCUT2D eigenvalue weighted by Gasteiger charge is 2.38. The lowest BCUT2D eigenvalue weighted by Gasteiger charge is -2.38. The minimum absolute atomic E-state index is 0.472.